The molecule has 0 unspecified atom stereocenters. The lowest BCUT2D eigenvalue weighted by Gasteiger charge is -2.12. The summed E-state index contributed by atoms with van der Waals surface area (Å²) >= 11 is 15.8. The van der Waals surface area contributed by atoms with E-state index >= 15 is 0 Å². The first-order valence-electron chi connectivity index (χ1n) is 6.36. The number of nitrogens with zero attached hydrogens (tertiary/aromatic N) is 1. The quantitative estimate of drug-likeness (QED) is 0.609. The Hall–Kier alpha value is -1.29. The van der Waals surface area contributed by atoms with Crippen molar-refractivity contribution < 1.29 is 0 Å². The van der Waals surface area contributed by atoms with E-state index in [0.717, 1.165) is 26.6 Å². The van der Waals surface area contributed by atoms with E-state index in [1.165, 1.54) is 0 Å². The van der Waals surface area contributed by atoms with E-state index in [9.17, 15) is 0 Å². The molecule has 5 heteroatoms. The topological polar surface area (TPSA) is 24.9 Å². The van der Waals surface area contributed by atoms with Crippen molar-refractivity contribution in [2.75, 3.05) is 5.32 Å². The Morgan fingerprint density at radius 3 is 2.52 bits per heavy atom. The van der Waals surface area contributed by atoms with E-state index in [1.807, 2.05) is 42.5 Å². The molecule has 0 amide bonds. The molecule has 0 spiro atoms. The third-order valence-electron chi connectivity index (χ3n) is 3.18. The SMILES string of the molecule is Clc1cc(Br)cc(Cl)c1NCc1cccc2cccnc12. The van der Waals surface area contributed by atoms with Crippen LogP contribution in [0.1, 0.15) is 5.56 Å². The van der Waals surface area contributed by atoms with Crippen LogP contribution in [0.2, 0.25) is 10.0 Å². The van der Waals surface area contributed by atoms with Crippen LogP contribution in [-0.2, 0) is 6.54 Å². The maximum absolute atomic E-state index is 6.23. The molecular formula is C16H11BrCl2N2. The molecule has 106 valence electrons. The minimum Gasteiger partial charge on any atom is -0.378 e. The molecule has 3 aromatic rings. The predicted octanol–water partition coefficient (Wildman–Crippen LogP) is 5.92. The Bertz CT molecular complexity index is 777. The van der Waals surface area contributed by atoms with Crippen molar-refractivity contribution in [3.05, 3.63) is 68.7 Å². The Kier molecular flexibility index (Phi) is 4.34. The predicted molar refractivity (Wildman–Crippen MR) is 93.2 cm³/mol. The van der Waals surface area contributed by atoms with Gasteiger partial charge in [-0.2, -0.15) is 0 Å². The number of benzene rings is 2. The number of fused-ring (bicyclic) bond motifs is 1. The molecule has 2 aromatic carbocycles. The number of aromatic nitrogens is 1. The van der Waals surface area contributed by atoms with Gasteiger partial charge < -0.3 is 5.32 Å². The molecule has 0 aliphatic rings. The first-order valence-corrected chi connectivity index (χ1v) is 7.91. The molecule has 0 fully saturated rings. The fraction of sp³-hybridized carbons (Fsp3) is 0.0625. The summed E-state index contributed by atoms with van der Waals surface area (Å²) in [5, 5.41) is 5.58. The number of hydrogen-bond acceptors (Lipinski definition) is 2. The van der Waals surface area contributed by atoms with Gasteiger partial charge in [0, 0.05) is 22.6 Å². The van der Waals surface area contributed by atoms with E-state index in [0.29, 0.717) is 16.6 Å². The maximum atomic E-state index is 6.23. The van der Waals surface area contributed by atoms with Gasteiger partial charge in [0.15, 0.2) is 0 Å². The van der Waals surface area contributed by atoms with Crippen LogP contribution < -0.4 is 5.32 Å². The molecule has 1 aromatic heterocycles. The van der Waals surface area contributed by atoms with Gasteiger partial charge in [-0.1, -0.05) is 63.4 Å². The van der Waals surface area contributed by atoms with Crippen LogP contribution in [0.5, 0.6) is 0 Å². The average Bonchev–Trinajstić information content (AvgIpc) is 2.46. The lowest BCUT2D eigenvalue weighted by molar-refractivity contribution is 1.15. The van der Waals surface area contributed by atoms with E-state index in [2.05, 4.69) is 26.2 Å². The van der Waals surface area contributed by atoms with Crippen LogP contribution >= 0.6 is 39.1 Å². The van der Waals surface area contributed by atoms with Gasteiger partial charge in [-0.15, -0.1) is 0 Å². The molecular weight excluding hydrogens is 371 g/mol. The van der Waals surface area contributed by atoms with Crippen molar-refractivity contribution in [2.24, 2.45) is 0 Å². The van der Waals surface area contributed by atoms with E-state index in [1.54, 1.807) is 6.20 Å². The van der Waals surface area contributed by atoms with Crippen LogP contribution in [0.4, 0.5) is 5.69 Å². The molecule has 0 aliphatic carbocycles. The van der Waals surface area contributed by atoms with Crippen molar-refractivity contribution in [3.8, 4) is 0 Å². The van der Waals surface area contributed by atoms with Gasteiger partial charge in [-0.25, -0.2) is 0 Å². The van der Waals surface area contributed by atoms with E-state index < -0.39 is 0 Å². The minimum atomic E-state index is 0.586. The lowest BCUT2D eigenvalue weighted by atomic mass is 10.1. The van der Waals surface area contributed by atoms with Gasteiger partial charge in [0.2, 0.25) is 0 Å². The Morgan fingerprint density at radius 1 is 1.05 bits per heavy atom. The lowest BCUT2D eigenvalue weighted by Crippen LogP contribution is -2.02. The van der Waals surface area contributed by atoms with Gasteiger partial charge in [0.25, 0.3) is 0 Å². The van der Waals surface area contributed by atoms with Crippen molar-refractivity contribution in [3.63, 3.8) is 0 Å². The number of halogens is 3. The highest BCUT2D eigenvalue weighted by Gasteiger charge is 2.08. The fourth-order valence-electron chi connectivity index (χ4n) is 2.20. The van der Waals surface area contributed by atoms with Crippen molar-refractivity contribution >= 4 is 55.7 Å². The van der Waals surface area contributed by atoms with Crippen LogP contribution in [-0.4, -0.2) is 4.98 Å². The summed E-state index contributed by atoms with van der Waals surface area (Å²) in [6.45, 7) is 0.607. The summed E-state index contributed by atoms with van der Waals surface area (Å²) < 4.78 is 0.856. The highest BCUT2D eigenvalue weighted by Crippen LogP contribution is 2.34. The number of para-hydroxylation sites is 1. The minimum absolute atomic E-state index is 0.586. The molecule has 3 rings (SSSR count). The monoisotopic (exact) mass is 380 g/mol. The summed E-state index contributed by atoms with van der Waals surface area (Å²) in [6, 6.07) is 13.7. The molecule has 0 saturated heterocycles. The van der Waals surface area contributed by atoms with Gasteiger partial charge in [-0.05, 0) is 23.8 Å². The van der Waals surface area contributed by atoms with Gasteiger partial charge in [-0.3, -0.25) is 4.98 Å². The van der Waals surface area contributed by atoms with Gasteiger partial charge in [0.05, 0.1) is 21.2 Å². The fourth-order valence-corrected chi connectivity index (χ4v) is 3.55. The summed E-state index contributed by atoms with van der Waals surface area (Å²) in [7, 11) is 0. The molecule has 0 saturated carbocycles. The molecule has 0 aliphatic heterocycles. The van der Waals surface area contributed by atoms with E-state index in [-0.39, 0.29) is 0 Å². The number of hydrogen-bond donors (Lipinski definition) is 1. The smallest absolute Gasteiger partial charge is 0.0751 e. The van der Waals surface area contributed by atoms with Gasteiger partial charge in [0.1, 0.15) is 0 Å². The molecule has 2 nitrogen and oxygen atoms in total. The molecule has 0 radical (unpaired) electrons. The first-order chi connectivity index (χ1) is 10.1. The third-order valence-corrected chi connectivity index (χ3v) is 4.23. The number of anilines is 1. The molecule has 1 heterocycles. The van der Waals surface area contributed by atoms with Crippen LogP contribution in [0, 0.1) is 0 Å². The molecule has 0 bridgehead atoms. The van der Waals surface area contributed by atoms with Crippen LogP contribution in [0.3, 0.4) is 0 Å². The summed E-state index contributed by atoms with van der Waals surface area (Å²) in [5.74, 6) is 0. The third kappa shape index (κ3) is 3.15. The van der Waals surface area contributed by atoms with Crippen LogP contribution in [0.25, 0.3) is 10.9 Å². The highest BCUT2D eigenvalue weighted by atomic mass is 79.9. The standard InChI is InChI=1S/C16H11BrCl2N2/c17-12-7-13(18)16(14(19)8-12)21-9-11-4-1-3-10-5-2-6-20-15(10)11/h1-8,21H,9H2. The van der Waals surface area contributed by atoms with E-state index in [4.69, 9.17) is 23.2 Å². The second-order valence-corrected chi connectivity index (χ2v) is 6.32. The zero-order valence-electron chi connectivity index (χ0n) is 10.9. The molecule has 21 heavy (non-hydrogen) atoms. The number of nitrogens with one attached hydrogen (secondary N) is 1. The zero-order chi connectivity index (χ0) is 14.8. The molecule has 1 N–H and O–H groups in total. The Labute approximate surface area is 141 Å². The zero-order valence-corrected chi connectivity index (χ0v) is 14.0. The summed E-state index contributed by atoms with van der Waals surface area (Å²) in [4.78, 5) is 4.44. The van der Waals surface area contributed by atoms with Gasteiger partial charge >= 0.3 is 0 Å². The number of rotatable bonds is 3. The highest BCUT2D eigenvalue weighted by molar-refractivity contribution is 9.10. The van der Waals surface area contributed by atoms with Crippen molar-refractivity contribution in [1.29, 1.82) is 0 Å². The normalized spacial score (nSPS) is 10.8. The summed E-state index contributed by atoms with van der Waals surface area (Å²) in [6.07, 6.45) is 1.80. The first kappa shape index (κ1) is 14.6. The van der Waals surface area contributed by atoms with Crippen molar-refractivity contribution in [1.82, 2.24) is 4.98 Å². The Morgan fingerprint density at radius 2 is 1.76 bits per heavy atom. The number of pyridine rings is 1. The largest absolute Gasteiger partial charge is 0.378 e. The Balaban J connectivity index is 1.91. The summed E-state index contributed by atoms with van der Waals surface area (Å²) in [5.41, 5.74) is 2.81. The molecule has 0 atom stereocenters. The maximum Gasteiger partial charge on any atom is 0.0751 e. The van der Waals surface area contributed by atoms with Crippen molar-refractivity contribution in [2.45, 2.75) is 6.54 Å². The van der Waals surface area contributed by atoms with Crippen LogP contribution in [0.15, 0.2) is 53.1 Å². The second kappa shape index (κ2) is 6.22. The second-order valence-electron chi connectivity index (χ2n) is 4.59. The average molecular weight is 382 g/mol.